The SMILES string of the molecule is O=C(Nc1cc(C(=O)N2CCCNCC2)ccc1N1CCN(C(=O)c2cc(F)cc(F)c2)CC1)C1CCCCC1. The van der Waals surface area contributed by atoms with Gasteiger partial charge in [0.25, 0.3) is 11.8 Å². The Hall–Kier alpha value is -3.53. The largest absolute Gasteiger partial charge is 0.366 e. The van der Waals surface area contributed by atoms with Gasteiger partial charge in [-0.05, 0) is 56.1 Å². The first-order valence-electron chi connectivity index (χ1n) is 14.3. The maximum atomic E-state index is 13.7. The summed E-state index contributed by atoms with van der Waals surface area (Å²) in [7, 11) is 0. The molecule has 10 heteroatoms. The van der Waals surface area contributed by atoms with Crippen molar-refractivity contribution < 1.29 is 23.2 Å². The van der Waals surface area contributed by atoms with Crippen molar-refractivity contribution in [3.8, 4) is 0 Å². The smallest absolute Gasteiger partial charge is 0.254 e. The Morgan fingerprint density at radius 3 is 2.12 bits per heavy atom. The molecule has 3 amide bonds. The second kappa shape index (κ2) is 12.8. The lowest BCUT2D eigenvalue weighted by molar-refractivity contribution is -0.120. The first-order chi connectivity index (χ1) is 19.4. The average Bonchev–Trinajstić information content (AvgIpc) is 3.26. The molecule has 214 valence electrons. The Morgan fingerprint density at radius 1 is 0.725 bits per heavy atom. The topological polar surface area (TPSA) is 85.0 Å². The second-order valence-corrected chi connectivity index (χ2v) is 10.9. The van der Waals surface area contributed by atoms with Gasteiger partial charge in [-0.1, -0.05) is 19.3 Å². The maximum Gasteiger partial charge on any atom is 0.254 e. The van der Waals surface area contributed by atoms with Crippen molar-refractivity contribution in [3.63, 3.8) is 0 Å². The first-order valence-corrected chi connectivity index (χ1v) is 14.3. The number of rotatable bonds is 5. The monoisotopic (exact) mass is 553 g/mol. The van der Waals surface area contributed by atoms with Crippen LogP contribution in [0.2, 0.25) is 0 Å². The van der Waals surface area contributed by atoms with E-state index in [1.165, 1.54) is 0 Å². The van der Waals surface area contributed by atoms with E-state index in [4.69, 9.17) is 0 Å². The summed E-state index contributed by atoms with van der Waals surface area (Å²) in [6, 6.07) is 8.30. The molecule has 40 heavy (non-hydrogen) atoms. The highest BCUT2D eigenvalue weighted by atomic mass is 19.1. The summed E-state index contributed by atoms with van der Waals surface area (Å²) in [4.78, 5) is 45.0. The molecule has 2 heterocycles. The average molecular weight is 554 g/mol. The Kier molecular flexibility index (Phi) is 8.94. The van der Waals surface area contributed by atoms with E-state index >= 15 is 0 Å². The third-order valence-electron chi connectivity index (χ3n) is 8.12. The van der Waals surface area contributed by atoms with Gasteiger partial charge >= 0.3 is 0 Å². The summed E-state index contributed by atoms with van der Waals surface area (Å²) in [5, 5.41) is 6.45. The fourth-order valence-corrected chi connectivity index (χ4v) is 5.89. The third kappa shape index (κ3) is 6.60. The minimum Gasteiger partial charge on any atom is -0.366 e. The third-order valence-corrected chi connectivity index (χ3v) is 8.12. The lowest BCUT2D eigenvalue weighted by atomic mass is 9.88. The number of carbonyl (C=O) groups excluding carboxylic acids is 3. The normalized spacial score (nSPS) is 18.8. The van der Waals surface area contributed by atoms with Gasteiger partial charge in [0.05, 0.1) is 11.4 Å². The number of amides is 3. The van der Waals surface area contributed by atoms with E-state index in [0.29, 0.717) is 50.5 Å². The van der Waals surface area contributed by atoms with E-state index in [9.17, 15) is 23.2 Å². The Morgan fingerprint density at radius 2 is 1.40 bits per heavy atom. The molecule has 0 spiro atoms. The van der Waals surface area contributed by atoms with Crippen LogP contribution in [0.5, 0.6) is 0 Å². The van der Waals surface area contributed by atoms with Gasteiger partial charge in [-0.3, -0.25) is 14.4 Å². The van der Waals surface area contributed by atoms with Gasteiger partial charge in [-0.15, -0.1) is 0 Å². The highest BCUT2D eigenvalue weighted by Crippen LogP contribution is 2.32. The van der Waals surface area contributed by atoms with Gasteiger partial charge in [0.1, 0.15) is 11.6 Å². The number of carbonyl (C=O) groups is 3. The highest BCUT2D eigenvalue weighted by Gasteiger charge is 2.27. The molecule has 2 aliphatic heterocycles. The molecule has 0 bridgehead atoms. The zero-order valence-corrected chi connectivity index (χ0v) is 22.8. The minimum atomic E-state index is -0.786. The number of hydrogen-bond acceptors (Lipinski definition) is 5. The van der Waals surface area contributed by atoms with E-state index in [1.54, 1.807) is 17.0 Å². The summed E-state index contributed by atoms with van der Waals surface area (Å²) in [5.41, 5.74) is 1.91. The molecule has 0 atom stereocenters. The zero-order valence-electron chi connectivity index (χ0n) is 22.8. The number of benzene rings is 2. The molecule has 0 aromatic heterocycles. The van der Waals surface area contributed by atoms with Gasteiger partial charge in [0.15, 0.2) is 0 Å². The van der Waals surface area contributed by atoms with Crippen LogP contribution in [-0.4, -0.2) is 79.9 Å². The molecule has 1 aliphatic carbocycles. The molecule has 2 aromatic carbocycles. The Balaban J connectivity index is 1.34. The number of nitrogens with zero attached hydrogens (tertiary/aromatic N) is 3. The lowest BCUT2D eigenvalue weighted by Crippen LogP contribution is -2.49. The van der Waals surface area contributed by atoms with E-state index in [1.807, 2.05) is 11.0 Å². The molecular formula is C30H37F2N5O3. The van der Waals surface area contributed by atoms with Crippen molar-refractivity contribution in [3.05, 3.63) is 59.2 Å². The van der Waals surface area contributed by atoms with Crippen molar-refractivity contribution in [2.45, 2.75) is 38.5 Å². The van der Waals surface area contributed by atoms with Crippen molar-refractivity contribution in [2.24, 2.45) is 5.92 Å². The van der Waals surface area contributed by atoms with Crippen LogP contribution in [0.25, 0.3) is 0 Å². The molecule has 3 aliphatic rings. The van der Waals surface area contributed by atoms with Crippen molar-refractivity contribution in [2.75, 3.05) is 62.6 Å². The molecule has 0 radical (unpaired) electrons. The molecule has 5 rings (SSSR count). The highest BCUT2D eigenvalue weighted by molar-refractivity contribution is 6.01. The Bertz CT molecular complexity index is 1210. The van der Waals surface area contributed by atoms with E-state index in [2.05, 4.69) is 15.5 Å². The number of nitrogens with one attached hydrogen (secondary N) is 2. The number of piperazine rings is 1. The van der Waals surface area contributed by atoms with Crippen LogP contribution in [0.15, 0.2) is 36.4 Å². The molecule has 2 N–H and O–H groups in total. The molecular weight excluding hydrogens is 516 g/mol. The van der Waals surface area contributed by atoms with Crippen LogP contribution in [0, 0.1) is 17.6 Å². The van der Waals surface area contributed by atoms with Gasteiger partial charge in [-0.2, -0.15) is 0 Å². The van der Waals surface area contributed by atoms with Crippen molar-refractivity contribution >= 4 is 29.1 Å². The predicted molar refractivity (Wildman–Crippen MR) is 150 cm³/mol. The van der Waals surface area contributed by atoms with Crippen LogP contribution >= 0.6 is 0 Å². The first kappa shape index (κ1) is 28.0. The number of halogens is 2. The van der Waals surface area contributed by atoms with Crippen LogP contribution in [0.3, 0.4) is 0 Å². The zero-order chi connectivity index (χ0) is 28.1. The number of anilines is 2. The lowest BCUT2D eigenvalue weighted by Gasteiger charge is -2.37. The summed E-state index contributed by atoms with van der Waals surface area (Å²) >= 11 is 0. The number of hydrogen-bond donors (Lipinski definition) is 2. The van der Waals surface area contributed by atoms with Gasteiger partial charge in [0.2, 0.25) is 5.91 Å². The minimum absolute atomic E-state index is 0.0158. The predicted octanol–water partition coefficient (Wildman–Crippen LogP) is 3.88. The molecule has 3 fully saturated rings. The van der Waals surface area contributed by atoms with Gasteiger partial charge in [0, 0.05) is 68.9 Å². The summed E-state index contributed by atoms with van der Waals surface area (Å²) in [5.74, 6) is -2.11. The van der Waals surface area contributed by atoms with E-state index in [-0.39, 0.29) is 23.3 Å². The Labute approximate surface area is 233 Å². The fourth-order valence-electron chi connectivity index (χ4n) is 5.89. The summed E-state index contributed by atoms with van der Waals surface area (Å²) in [6.45, 7) is 4.61. The summed E-state index contributed by atoms with van der Waals surface area (Å²) in [6.07, 6.45) is 5.84. The maximum absolute atomic E-state index is 13.7. The van der Waals surface area contributed by atoms with E-state index < -0.39 is 17.5 Å². The fraction of sp³-hybridized carbons (Fsp3) is 0.500. The van der Waals surface area contributed by atoms with Crippen molar-refractivity contribution in [1.29, 1.82) is 0 Å². The van der Waals surface area contributed by atoms with Crippen LogP contribution in [0.4, 0.5) is 20.2 Å². The van der Waals surface area contributed by atoms with Gasteiger partial charge < -0.3 is 25.3 Å². The van der Waals surface area contributed by atoms with Crippen LogP contribution in [-0.2, 0) is 4.79 Å². The standard InChI is InChI=1S/C30H37F2N5O3/c31-24-17-23(18-25(32)20-24)30(40)37-15-13-35(14-16-37)27-8-7-22(29(39)36-11-4-9-33-10-12-36)19-26(27)34-28(38)21-5-2-1-3-6-21/h7-8,17-21,33H,1-6,9-16H2,(H,34,38). The van der Waals surface area contributed by atoms with E-state index in [0.717, 1.165) is 75.5 Å². The molecule has 8 nitrogen and oxygen atoms in total. The molecule has 2 aromatic rings. The van der Waals surface area contributed by atoms with Crippen molar-refractivity contribution in [1.82, 2.24) is 15.1 Å². The quantitative estimate of drug-likeness (QED) is 0.587. The van der Waals surface area contributed by atoms with Crippen LogP contribution < -0.4 is 15.5 Å². The molecule has 2 saturated heterocycles. The second-order valence-electron chi connectivity index (χ2n) is 10.9. The molecule has 0 unspecified atom stereocenters. The molecule has 1 saturated carbocycles. The van der Waals surface area contributed by atoms with Crippen LogP contribution in [0.1, 0.15) is 59.2 Å². The van der Waals surface area contributed by atoms with Gasteiger partial charge in [-0.25, -0.2) is 8.78 Å². The summed E-state index contributed by atoms with van der Waals surface area (Å²) < 4.78 is 27.3.